The van der Waals surface area contributed by atoms with Crippen molar-refractivity contribution in [3.8, 4) is 0 Å². The molecule has 138 valence electrons. The smallest absolute Gasteiger partial charge is 0.227 e. The Morgan fingerprint density at radius 1 is 1.24 bits per heavy atom. The fourth-order valence-corrected chi connectivity index (χ4v) is 3.31. The minimum atomic E-state index is 0.343. The number of anilines is 2. The Labute approximate surface area is 149 Å². The van der Waals surface area contributed by atoms with Crippen LogP contribution in [0.1, 0.15) is 65.3 Å². The third-order valence-corrected chi connectivity index (χ3v) is 5.13. The molecule has 4 N–H and O–H groups in total. The quantitative estimate of drug-likeness (QED) is 0.713. The van der Waals surface area contributed by atoms with Gasteiger partial charge in [-0.2, -0.15) is 9.97 Å². The SMILES string of the molecule is CCCNc1nc(N[C@H]2CC[C@H](N)CC2)nc2c1ncn2C(C)CC. The second kappa shape index (κ2) is 7.99. The summed E-state index contributed by atoms with van der Waals surface area (Å²) in [5.41, 5.74) is 7.77. The normalized spacial score (nSPS) is 22.1. The van der Waals surface area contributed by atoms with Gasteiger partial charge in [0, 0.05) is 24.7 Å². The summed E-state index contributed by atoms with van der Waals surface area (Å²) >= 11 is 0. The van der Waals surface area contributed by atoms with Crippen LogP contribution in [-0.4, -0.2) is 38.1 Å². The van der Waals surface area contributed by atoms with Gasteiger partial charge in [0.25, 0.3) is 0 Å². The summed E-state index contributed by atoms with van der Waals surface area (Å²) < 4.78 is 2.15. The Hall–Kier alpha value is -1.89. The number of nitrogens with two attached hydrogens (primary N) is 1. The summed E-state index contributed by atoms with van der Waals surface area (Å²) in [4.78, 5) is 14.1. The van der Waals surface area contributed by atoms with E-state index in [0.717, 1.165) is 62.1 Å². The molecule has 3 rings (SSSR count). The van der Waals surface area contributed by atoms with Crippen molar-refractivity contribution >= 4 is 22.9 Å². The maximum absolute atomic E-state index is 6.02. The summed E-state index contributed by atoms with van der Waals surface area (Å²) in [6.45, 7) is 7.39. The van der Waals surface area contributed by atoms with E-state index in [-0.39, 0.29) is 0 Å². The molecular formula is C18H31N7. The minimum absolute atomic E-state index is 0.343. The first-order chi connectivity index (χ1) is 12.1. The van der Waals surface area contributed by atoms with Crippen molar-refractivity contribution in [3.63, 3.8) is 0 Å². The summed E-state index contributed by atoms with van der Waals surface area (Å²) in [6.07, 6.45) is 8.23. The Balaban J connectivity index is 1.91. The average molecular weight is 345 g/mol. The number of rotatable bonds is 7. The number of aromatic nitrogens is 4. The predicted molar refractivity (Wildman–Crippen MR) is 103 cm³/mol. The Kier molecular flexibility index (Phi) is 5.73. The summed E-state index contributed by atoms with van der Waals surface area (Å²) in [6, 6.07) is 1.10. The molecule has 0 radical (unpaired) electrons. The summed E-state index contributed by atoms with van der Waals surface area (Å²) in [5.74, 6) is 1.51. The highest BCUT2D eigenvalue weighted by Gasteiger charge is 2.21. The molecule has 0 bridgehead atoms. The molecule has 2 aromatic rings. The molecule has 0 aliphatic heterocycles. The van der Waals surface area contributed by atoms with Gasteiger partial charge in [-0.15, -0.1) is 0 Å². The van der Waals surface area contributed by atoms with E-state index < -0.39 is 0 Å². The number of hydrogen-bond acceptors (Lipinski definition) is 6. The second-order valence-electron chi connectivity index (χ2n) is 7.16. The first kappa shape index (κ1) is 17.9. The van der Waals surface area contributed by atoms with E-state index in [4.69, 9.17) is 15.7 Å². The van der Waals surface area contributed by atoms with Gasteiger partial charge in [-0.05, 0) is 45.4 Å². The minimum Gasteiger partial charge on any atom is -0.368 e. The van der Waals surface area contributed by atoms with Crippen LogP contribution < -0.4 is 16.4 Å². The molecule has 0 aromatic carbocycles. The third-order valence-electron chi connectivity index (χ3n) is 5.13. The van der Waals surface area contributed by atoms with Crippen molar-refractivity contribution in [3.05, 3.63) is 6.33 Å². The monoisotopic (exact) mass is 345 g/mol. The van der Waals surface area contributed by atoms with E-state index in [0.29, 0.717) is 24.1 Å². The van der Waals surface area contributed by atoms with Gasteiger partial charge in [-0.3, -0.25) is 0 Å². The molecule has 0 amide bonds. The van der Waals surface area contributed by atoms with Crippen LogP contribution in [0, 0.1) is 0 Å². The molecule has 7 nitrogen and oxygen atoms in total. The zero-order valence-corrected chi connectivity index (χ0v) is 15.6. The fourth-order valence-electron chi connectivity index (χ4n) is 3.31. The molecule has 1 atom stereocenters. The maximum Gasteiger partial charge on any atom is 0.227 e. The molecule has 1 fully saturated rings. The first-order valence-electron chi connectivity index (χ1n) is 9.62. The molecule has 0 saturated heterocycles. The Morgan fingerprint density at radius 3 is 2.68 bits per heavy atom. The number of hydrogen-bond donors (Lipinski definition) is 3. The highest BCUT2D eigenvalue weighted by Crippen LogP contribution is 2.26. The zero-order chi connectivity index (χ0) is 17.8. The lowest BCUT2D eigenvalue weighted by atomic mass is 9.92. The molecule has 2 heterocycles. The van der Waals surface area contributed by atoms with E-state index in [2.05, 4.69) is 41.0 Å². The summed E-state index contributed by atoms with van der Waals surface area (Å²) in [5, 5.41) is 6.93. The lowest BCUT2D eigenvalue weighted by Crippen LogP contribution is -2.33. The van der Waals surface area contributed by atoms with Crippen LogP contribution in [-0.2, 0) is 0 Å². The number of imidazole rings is 1. The molecular weight excluding hydrogens is 314 g/mol. The van der Waals surface area contributed by atoms with Gasteiger partial charge < -0.3 is 20.9 Å². The van der Waals surface area contributed by atoms with Gasteiger partial charge in [0.2, 0.25) is 5.95 Å². The Morgan fingerprint density at radius 2 is 2.00 bits per heavy atom. The van der Waals surface area contributed by atoms with Gasteiger partial charge in [0.15, 0.2) is 17.0 Å². The Bertz CT molecular complexity index is 688. The molecule has 25 heavy (non-hydrogen) atoms. The van der Waals surface area contributed by atoms with E-state index in [1.165, 1.54) is 0 Å². The first-order valence-corrected chi connectivity index (χ1v) is 9.62. The number of nitrogens with zero attached hydrogens (tertiary/aromatic N) is 4. The molecule has 1 aliphatic carbocycles. The summed E-state index contributed by atoms with van der Waals surface area (Å²) in [7, 11) is 0. The molecule has 7 heteroatoms. The van der Waals surface area contributed by atoms with Gasteiger partial charge in [-0.25, -0.2) is 4.98 Å². The van der Waals surface area contributed by atoms with Gasteiger partial charge in [0.05, 0.1) is 6.33 Å². The van der Waals surface area contributed by atoms with Gasteiger partial charge >= 0.3 is 0 Å². The van der Waals surface area contributed by atoms with E-state index in [1.807, 2.05) is 6.33 Å². The van der Waals surface area contributed by atoms with Gasteiger partial charge in [0.1, 0.15) is 0 Å². The fraction of sp³-hybridized carbons (Fsp3) is 0.722. The number of nitrogens with one attached hydrogen (secondary N) is 2. The molecule has 1 saturated carbocycles. The van der Waals surface area contributed by atoms with Crippen LogP contribution in [0.25, 0.3) is 11.2 Å². The van der Waals surface area contributed by atoms with Crippen LogP contribution in [0.3, 0.4) is 0 Å². The van der Waals surface area contributed by atoms with Crippen LogP contribution >= 0.6 is 0 Å². The van der Waals surface area contributed by atoms with Crippen molar-refractivity contribution < 1.29 is 0 Å². The van der Waals surface area contributed by atoms with Crippen molar-refractivity contribution in [2.24, 2.45) is 5.73 Å². The van der Waals surface area contributed by atoms with E-state index >= 15 is 0 Å². The molecule has 1 aliphatic rings. The third kappa shape index (κ3) is 4.03. The largest absolute Gasteiger partial charge is 0.368 e. The highest BCUT2D eigenvalue weighted by molar-refractivity contribution is 5.84. The average Bonchev–Trinajstić information content (AvgIpc) is 3.05. The lowest BCUT2D eigenvalue weighted by molar-refractivity contribution is 0.410. The second-order valence-corrected chi connectivity index (χ2v) is 7.16. The van der Waals surface area contributed by atoms with Crippen LogP contribution in [0.4, 0.5) is 11.8 Å². The maximum atomic E-state index is 6.02. The topological polar surface area (TPSA) is 93.7 Å². The zero-order valence-electron chi connectivity index (χ0n) is 15.6. The van der Waals surface area contributed by atoms with Crippen LogP contribution in [0.5, 0.6) is 0 Å². The number of fused-ring (bicyclic) bond motifs is 1. The van der Waals surface area contributed by atoms with Gasteiger partial charge in [-0.1, -0.05) is 13.8 Å². The van der Waals surface area contributed by atoms with Crippen molar-refractivity contribution in [2.75, 3.05) is 17.2 Å². The standard InChI is InChI=1S/C18H31N7/c1-4-10-20-16-15-17(25(11-21-15)12(3)5-2)24-18(23-16)22-14-8-6-13(19)7-9-14/h11-14H,4-10,19H2,1-3H3,(H2,20,22,23,24)/t12?,13-,14-. The van der Waals surface area contributed by atoms with Crippen LogP contribution in [0.15, 0.2) is 6.33 Å². The van der Waals surface area contributed by atoms with E-state index in [1.54, 1.807) is 0 Å². The van der Waals surface area contributed by atoms with Crippen LogP contribution in [0.2, 0.25) is 0 Å². The van der Waals surface area contributed by atoms with Crippen molar-refractivity contribution in [2.45, 2.75) is 77.4 Å². The lowest BCUT2D eigenvalue weighted by Gasteiger charge is -2.27. The van der Waals surface area contributed by atoms with E-state index in [9.17, 15) is 0 Å². The molecule has 0 spiro atoms. The molecule has 2 aromatic heterocycles. The predicted octanol–water partition coefficient (Wildman–Crippen LogP) is 3.30. The van der Waals surface area contributed by atoms with Crippen molar-refractivity contribution in [1.82, 2.24) is 19.5 Å². The highest BCUT2D eigenvalue weighted by atomic mass is 15.2. The van der Waals surface area contributed by atoms with Crippen molar-refractivity contribution in [1.29, 1.82) is 0 Å². The molecule has 1 unspecified atom stereocenters.